The number of azo groups is 1. The minimum atomic E-state index is -5.70. The topological polar surface area (TPSA) is 126 Å². The van der Waals surface area contributed by atoms with Crippen LogP contribution in [0, 0.1) is 0 Å². The van der Waals surface area contributed by atoms with Crippen molar-refractivity contribution in [1.29, 1.82) is 0 Å². The van der Waals surface area contributed by atoms with Gasteiger partial charge in [0, 0.05) is 19.3 Å². The summed E-state index contributed by atoms with van der Waals surface area (Å²) in [7, 11) is -3.94. The van der Waals surface area contributed by atoms with Crippen LogP contribution in [0.5, 0.6) is 0 Å². The van der Waals surface area contributed by atoms with E-state index in [9.17, 15) is 26.4 Å². The minimum Gasteiger partial charge on any atom is -0.461 e. The van der Waals surface area contributed by atoms with Crippen LogP contribution in [-0.4, -0.2) is 50.3 Å². The van der Waals surface area contributed by atoms with Crippen LogP contribution in [0.4, 0.5) is 35.4 Å². The lowest BCUT2D eigenvalue weighted by atomic mass is 9.77. The molecule has 1 aliphatic rings. The predicted molar refractivity (Wildman–Crippen MR) is 116 cm³/mol. The number of nitrogens with one attached hydrogen (secondary N) is 1. The second-order valence-corrected chi connectivity index (χ2v) is 10.4. The van der Waals surface area contributed by atoms with Gasteiger partial charge in [0.25, 0.3) is 5.13 Å². The normalized spacial score (nSPS) is 16.0. The van der Waals surface area contributed by atoms with Crippen molar-refractivity contribution in [3.05, 3.63) is 22.7 Å². The molecule has 0 amide bonds. The summed E-state index contributed by atoms with van der Waals surface area (Å²) in [6, 6.07) is 2.80. The highest BCUT2D eigenvalue weighted by Gasteiger charge is 2.46. The minimum absolute atomic E-state index is 0.0585. The highest BCUT2D eigenvalue weighted by molar-refractivity contribution is 7.93. The molecule has 0 aliphatic carbocycles. The third kappa shape index (κ3) is 5.24. The molecule has 33 heavy (non-hydrogen) atoms. The van der Waals surface area contributed by atoms with Gasteiger partial charge in [-0.15, -0.1) is 20.4 Å². The van der Waals surface area contributed by atoms with Gasteiger partial charge in [0.05, 0.1) is 12.3 Å². The Labute approximate surface area is 191 Å². The zero-order valence-electron chi connectivity index (χ0n) is 18.1. The number of rotatable bonds is 6. The average molecular weight is 507 g/mol. The predicted octanol–water partition coefficient (Wildman–Crippen LogP) is 4.51. The fraction of sp³-hybridized carbons (Fsp3) is 0.500. The molecule has 3 rings (SSSR count). The van der Waals surface area contributed by atoms with Gasteiger partial charge in [0.1, 0.15) is 5.69 Å². The van der Waals surface area contributed by atoms with E-state index in [0.717, 1.165) is 23.3 Å². The molecule has 0 bridgehead atoms. The molecule has 0 unspecified atom stereocenters. The number of aromatic nitrogens is 2. The van der Waals surface area contributed by atoms with Gasteiger partial charge >= 0.3 is 21.5 Å². The lowest BCUT2D eigenvalue weighted by molar-refractivity contribution is -0.0429. The Morgan fingerprint density at radius 1 is 1.30 bits per heavy atom. The summed E-state index contributed by atoms with van der Waals surface area (Å²) < 4.78 is 68.9. The van der Waals surface area contributed by atoms with Gasteiger partial charge in [-0.25, -0.2) is 4.79 Å². The first-order valence-corrected chi connectivity index (χ1v) is 12.0. The maximum atomic E-state index is 13.0. The van der Waals surface area contributed by atoms with Crippen molar-refractivity contribution in [3.63, 3.8) is 0 Å². The Morgan fingerprint density at radius 2 is 2.00 bits per heavy atom. The van der Waals surface area contributed by atoms with Crippen LogP contribution < -0.4 is 9.62 Å². The second-order valence-electron chi connectivity index (χ2n) is 7.80. The quantitative estimate of drug-likeness (QED) is 0.451. The number of halogens is 3. The Hall–Kier alpha value is -2.81. The molecule has 0 radical (unpaired) electrons. The van der Waals surface area contributed by atoms with Crippen LogP contribution in [0.3, 0.4) is 0 Å². The lowest BCUT2D eigenvalue weighted by Crippen LogP contribution is -2.35. The van der Waals surface area contributed by atoms with Crippen molar-refractivity contribution in [3.8, 4) is 0 Å². The number of sulfonamides is 1. The van der Waals surface area contributed by atoms with Crippen LogP contribution >= 0.6 is 11.3 Å². The largest absolute Gasteiger partial charge is 0.516 e. The number of hydrogen-bond acceptors (Lipinski definition) is 10. The Bertz CT molecular complexity index is 1190. The van der Waals surface area contributed by atoms with E-state index in [-0.39, 0.29) is 27.8 Å². The number of carbonyl (C=O) groups excluding carboxylic acids is 1. The molecular weight excluding hydrogens is 485 g/mol. The third-order valence-corrected chi connectivity index (χ3v) is 6.87. The smallest absolute Gasteiger partial charge is 0.461 e. The van der Waals surface area contributed by atoms with Gasteiger partial charge < -0.3 is 9.64 Å². The van der Waals surface area contributed by atoms with Crippen molar-refractivity contribution in [2.75, 3.05) is 29.8 Å². The fourth-order valence-corrected chi connectivity index (χ4v) is 4.26. The highest BCUT2D eigenvalue weighted by atomic mass is 32.2. The molecule has 2 aromatic rings. The van der Waals surface area contributed by atoms with Gasteiger partial charge in [-0.1, -0.05) is 25.2 Å². The van der Waals surface area contributed by atoms with Crippen molar-refractivity contribution < 1.29 is 31.1 Å². The van der Waals surface area contributed by atoms with E-state index in [0.29, 0.717) is 12.2 Å². The second kappa shape index (κ2) is 8.85. The molecule has 15 heteroatoms. The van der Waals surface area contributed by atoms with Gasteiger partial charge in [0.2, 0.25) is 5.01 Å². The number of anilines is 2. The maximum Gasteiger partial charge on any atom is 0.516 e. The van der Waals surface area contributed by atoms with Gasteiger partial charge in [-0.05, 0) is 36.5 Å². The Balaban J connectivity index is 2.07. The number of benzene rings is 1. The van der Waals surface area contributed by atoms with Crippen LogP contribution in [-0.2, 0) is 20.2 Å². The molecule has 1 aromatic carbocycles. The molecule has 0 atom stereocenters. The van der Waals surface area contributed by atoms with Gasteiger partial charge in [-0.3, -0.25) is 4.72 Å². The molecule has 0 saturated carbocycles. The number of alkyl halides is 3. The van der Waals surface area contributed by atoms with Crippen molar-refractivity contribution in [2.45, 2.75) is 38.1 Å². The molecule has 2 heterocycles. The fourth-order valence-electron chi connectivity index (χ4n) is 3.13. The number of hydrogen-bond donors (Lipinski definition) is 1. The van der Waals surface area contributed by atoms with E-state index in [1.54, 1.807) is 18.7 Å². The maximum absolute atomic E-state index is 13.0. The standard InChI is InChI=1S/C18H21F3N6O4S2/c1-5-31-15(28)14-23-25-16(32-14)24-22-11-8-10-13(27(4)7-6-17(10,2)3)9-12(11)26-33(29,30)18(19,20)21/h8-9,26H,5-7H2,1-4H3. The first-order chi connectivity index (χ1) is 15.2. The summed E-state index contributed by atoms with van der Waals surface area (Å²) in [5.74, 6) is -0.700. The summed E-state index contributed by atoms with van der Waals surface area (Å²) in [5, 5.41) is 15.0. The van der Waals surface area contributed by atoms with Crippen molar-refractivity contribution in [1.82, 2.24) is 10.2 Å². The van der Waals surface area contributed by atoms with Crippen molar-refractivity contribution in [2.24, 2.45) is 10.2 Å². The summed E-state index contributed by atoms with van der Waals surface area (Å²) in [6.45, 7) is 6.33. The number of carbonyl (C=O) groups is 1. The summed E-state index contributed by atoms with van der Waals surface area (Å²) >= 11 is 0.768. The van der Waals surface area contributed by atoms with Gasteiger partial charge in [-0.2, -0.15) is 21.6 Å². The molecule has 0 saturated heterocycles. The van der Waals surface area contributed by atoms with E-state index in [1.165, 1.54) is 12.1 Å². The molecule has 1 aliphatic heterocycles. The van der Waals surface area contributed by atoms with Crippen LogP contribution in [0.2, 0.25) is 0 Å². The average Bonchev–Trinajstić information content (AvgIpc) is 3.18. The molecule has 1 N–H and O–H groups in total. The van der Waals surface area contributed by atoms with Gasteiger partial charge in [0.15, 0.2) is 0 Å². The highest BCUT2D eigenvalue weighted by Crippen LogP contribution is 2.45. The molecule has 10 nitrogen and oxygen atoms in total. The number of nitrogens with zero attached hydrogens (tertiary/aromatic N) is 5. The number of fused-ring (bicyclic) bond motifs is 1. The van der Waals surface area contributed by atoms with Crippen LogP contribution in [0.25, 0.3) is 0 Å². The Morgan fingerprint density at radius 3 is 2.64 bits per heavy atom. The molecule has 0 spiro atoms. The summed E-state index contributed by atoms with van der Waals surface area (Å²) in [6.07, 6.45) is 0.764. The van der Waals surface area contributed by atoms with E-state index in [1.807, 2.05) is 18.7 Å². The zero-order chi connectivity index (χ0) is 24.6. The zero-order valence-corrected chi connectivity index (χ0v) is 19.7. The van der Waals surface area contributed by atoms with E-state index >= 15 is 0 Å². The third-order valence-electron chi connectivity index (χ3n) is 4.98. The number of esters is 1. The molecule has 180 valence electrons. The molecule has 1 aromatic heterocycles. The first kappa shape index (κ1) is 24.8. The summed E-state index contributed by atoms with van der Waals surface area (Å²) in [5.41, 5.74) is -5.05. The summed E-state index contributed by atoms with van der Waals surface area (Å²) in [4.78, 5) is 13.5. The molecular formula is C18H21F3N6O4S2. The van der Waals surface area contributed by atoms with E-state index in [2.05, 4.69) is 20.4 Å². The first-order valence-electron chi connectivity index (χ1n) is 9.66. The Kier molecular flexibility index (Phi) is 6.66. The van der Waals surface area contributed by atoms with E-state index < -0.39 is 27.2 Å². The number of ether oxygens (including phenoxy) is 1. The lowest BCUT2D eigenvalue weighted by Gasteiger charge is -2.39. The van der Waals surface area contributed by atoms with Crippen LogP contribution in [0.1, 0.15) is 42.6 Å². The monoisotopic (exact) mass is 506 g/mol. The SMILES string of the molecule is CCOC(=O)c1nnc(N=Nc2cc3c(cc2NS(=O)(=O)C(F)(F)F)N(C)CCC3(C)C)s1. The molecule has 0 fully saturated rings. The van der Waals surface area contributed by atoms with Crippen LogP contribution in [0.15, 0.2) is 22.4 Å². The van der Waals surface area contributed by atoms with Crippen molar-refractivity contribution >= 4 is 49.5 Å². The van der Waals surface area contributed by atoms with E-state index in [4.69, 9.17) is 4.74 Å².